The first kappa shape index (κ1) is 9.39. The highest BCUT2D eigenvalue weighted by Crippen LogP contribution is 2.22. The van der Waals surface area contributed by atoms with E-state index in [1.807, 2.05) is 0 Å². The summed E-state index contributed by atoms with van der Waals surface area (Å²) in [5.41, 5.74) is 6.28. The number of aliphatic hydroxyl groups excluding tert-OH is 1. The molecule has 0 spiro atoms. The summed E-state index contributed by atoms with van der Waals surface area (Å²) in [6.07, 6.45) is 0.753. The highest BCUT2D eigenvalue weighted by atomic mass is 35.5. The summed E-state index contributed by atoms with van der Waals surface area (Å²) in [6.45, 7) is 0.0869. The summed E-state index contributed by atoms with van der Waals surface area (Å²) in [7, 11) is 0. The number of nitrogens with zero attached hydrogens (tertiary/aromatic N) is 3. The van der Waals surface area contributed by atoms with Gasteiger partial charge in [0.05, 0.1) is 0 Å². The molecule has 0 amide bonds. The van der Waals surface area contributed by atoms with Crippen LogP contribution in [0, 0.1) is 0 Å². The molecule has 0 fully saturated rings. The van der Waals surface area contributed by atoms with Gasteiger partial charge in [-0.25, -0.2) is 9.50 Å². The zero-order valence-corrected chi connectivity index (χ0v) is 8.02. The van der Waals surface area contributed by atoms with E-state index in [1.165, 1.54) is 4.52 Å². The van der Waals surface area contributed by atoms with E-state index in [1.54, 1.807) is 18.3 Å². The fourth-order valence-electron chi connectivity index (χ4n) is 1.20. The normalized spacial score (nSPS) is 13.4. The zero-order chi connectivity index (χ0) is 10.1. The van der Waals surface area contributed by atoms with Gasteiger partial charge >= 0.3 is 0 Å². The summed E-state index contributed by atoms with van der Waals surface area (Å²) >= 11 is 5.95. The Balaban J connectivity index is 2.62. The van der Waals surface area contributed by atoms with E-state index < -0.39 is 6.10 Å². The molecule has 0 aliphatic rings. The van der Waals surface area contributed by atoms with Gasteiger partial charge in [0.2, 0.25) is 0 Å². The van der Waals surface area contributed by atoms with Crippen LogP contribution in [0.5, 0.6) is 0 Å². The minimum atomic E-state index is -0.843. The van der Waals surface area contributed by atoms with Crippen LogP contribution in [0.3, 0.4) is 0 Å². The van der Waals surface area contributed by atoms with Crippen LogP contribution in [-0.4, -0.2) is 26.2 Å². The smallest absolute Gasteiger partial charge is 0.157 e. The second-order valence-corrected chi connectivity index (χ2v) is 3.19. The summed E-state index contributed by atoms with van der Waals surface area (Å²) < 4.78 is 1.45. The van der Waals surface area contributed by atoms with Crippen LogP contribution in [0.1, 0.15) is 11.8 Å². The van der Waals surface area contributed by atoms with Crippen LogP contribution in [0.25, 0.3) is 5.65 Å². The number of hydrogen-bond acceptors (Lipinski definition) is 4. The fraction of sp³-hybridized carbons (Fsp3) is 0.250. The van der Waals surface area contributed by atoms with Crippen molar-refractivity contribution < 1.29 is 5.11 Å². The number of aromatic nitrogens is 3. The Morgan fingerprint density at radius 1 is 1.64 bits per heavy atom. The number of hydrogen-bond donors (Lipinski definition) is 2. The molecule has 0 aliphatic heterocycles. The standard InChI is InChI=1S/C8H9ClN4O/c9-8-7(5(14)4-10)12-6-2-1-3-11-13(6)8/h1-3,5,14H,4,10H2. The monoisotopic (exact) mass is 212 g/mol. The lowest BCUT2D eigenvalue weighted by molar-refractivity contribution is 0.182. The summed E-state index contributed by atoms with van der Waals surface area (Å²) in [4.78, 5) is 4.12. The van der Waals surface area contributed by atoms with E-state index >= 15 is 0 Å². The molecule has 5 nitrogen and oxygen atoms in total. The molecule has 0 aromatic carbocycles. The molecular weight excluding hydrogens is 204 g/mol. The minimum absolute atomic E-state index is 0.0869. The van der Waals surface area contributed by atoms with E-state index in [2.05, 4.69) is 10.1 Å². The fourth-order valence-corrected chi connectivity index (χ4v) is 1.50. The molecule has 0 saturated heterocycles. The number of aliphatic hydroxyl groups is 1. The molecule has 1 unspecified atom stereocenters. The predicted molar refractivity (Wildman–Crippen MR) is 52.0 cm³/mol. The van der Waals surface area contributed by atoms with Crippen molar-refractivity contribution >= 4 is 17.2 Å². The third kappa shape index (κ3) is 1.35. The van der Waals surface area contributed by atoms with E-state index in [0.717, 1.165) is 0 Å². The molecule has 0 radical (unpaired) electrons. The first-order valence-corrected chi connectivity index (χ1v) is 4.49. The van der Waals surface area contributed by atoms with E-state index in [9.17, 15) is 5.11 Å². The molecule has 2 heterocycles. The second-order valence-electron chi connectivity index (χ2n) is 2.83. The van der Waals surface area contributed by atoms with Crippen molar-refractivity contribution in [3.8, 4) is 0 Å². The molecule has 2 aromatic heterocycles. The largest absolute Gasteiger partial charge is 0.385 e. The van der Waals surface area contributed by atoms with Crippen LogP contribution in [0.2, 0.25) is 5.15 Å². The molecule has 74 valence electrons. The van der Waals surface area contributed by atoms with E-state index in [-0.39, 0.29) is 6.54 Å². The molecule has 0 bridgehead atoms. The molecule has 3 N–H and O–H groups in total. The molecular formula is C8H9ClN4O. The van der Waals surface area contributed by atoms with Crippen molar-refractivity contribution in [2.45, 2.75) is 6.10 Å². The van der Waals surface area contributed by atoms with E-state index in [4.69, 9.17) is 17.3 Å². The number of imidazole rings is 1. The third-order valence-electron chi connectivity index (χ3n) is 1.90. The van der Waals surface area contributed by atoms with Crippen LogP contribution in [-0.2, 0) is 0 Å². The van der Waals surface area contributed by atoms with Crippen LogP contribution in [0.4, 0.5) is 0 Å². The third-order valence-corrected chi connectivity index (χ3v) is 2.26. The van der Waals surface area contributed by atoms with Crippen molar-refractivity contribution in [3.05, 3.63) is 29.2 Å². The lowest BCUT2D eigenvalue weighted by Gasteiger charge is -2.02. The molecule has 0 saturated carbocycles. The van der Waals surface area contributed by atoms with Crippen molar-refractivity contribution in [1.82, 2.24) is 14.6 Å². The lowest BCUT2D eigenvalue weighted by atomic mass is 10.3. The Labute approximate surface area is 85.1 Å². The average molecular weight is 213 g/mol. The van der Waals surface area contributed by atoms with Crippen LogP contribution < -0.4 is 5.73 Å². The molecule has 0 aliphatic carbocycles. The summed E-state index contributed by atoms with van der Waals surface area (Å²) in [6, 6.07) is 3.50. The number of nitrogens with two attached hydrogens (primary N) is 1. The quantitative estimate of drug-likeness (QED) is 0.755. The van der Waals surface area contributed by atoms with Crippen molar-refractivity contribution in [2.24, 2.45) is 5.73 Å². The van der Waals surface area contributed by atoms with E-state index in [0.29, 0.717) is 16.5 Å². The molecule has 6 heteroatoms. The van der Waals surface area contributed by atoms with Crippen molar-refractivity contribution in [2.75, 3.05) is 6.54 Å². The predicted octanol–water partition coefficient (Wildman–Crippen LogP) is 0.375. The minimum Gasteiger partial charge on any atom is -0.385 e. The zero-order valence-electron chi connectivity index (χ0n) is 7.26. The van der Waals surface area contributed by atoms with Gasteiger partial charge in [0, 0.05) is 12.7 Å². The highest BCUT2D eigenvalue weighted by molar-refractivity contribution is 6.30. The van der Waals surface area contributed by atoms with Gasteiger partial charge in [0.15, 0.2) is 10.8 Å². The summed E-state index contributed by atoms with van der Waals surface area (Å²) in [5, 5.41) is 13.8. The SMILES string of the molecule is NCC(O)c1nc2cccnn2c1Cl. The van der Waals surface area contributed by atoms with Gasteiger partial charge in [0.25, 0.3) is 0 Å². The van der Waals surface area contributed by atoms with Crippen molar-refractivity contribution in [1.29, 1.82) is 0 Å². The molecule has 2 aromatic rings. The Bertz CT molecular complexity index is 456. The second kappa shape index (κ2) is 3.53. The number of fused-ring (bicyclic) bond motifs is 1. The number of rotatable bonds is 2. The van der Waals surface area contributed by atoms with Gasteiger partial charge < -0.3 is 10.8 Å². The van der Waals surface area contributed by atoms with Gasteiger partial charge in [-0.05, 0) is 12.1 Å². The Morgan fingerprint density at radius 2 is 2.43 bits per heavy atom. The van der Waals surface area contributed by atoms with Gasteiger partial charge in [-0.15, -0.1) is 0 Å². The first-order valence-electron chi connectivity index (χ1n) is 4.11. The van der Waals surface area contributed by atoms with Gasteiger partial charge in [0.1, 0.15) is 11.8 Å². The molecule has 2 rings (SSSR count). The van der Waals surface area contributed by atoms with Gasteiger partial charge in [-0.3, -0.25) is 0 Å². The van der Waals surface area contributed by atoms with Gasteiger partial charge in [-0.1, -0.05) is 11.6 Å². The Morgan fingerprint density at radius 3 is 3.07 bits per heavy atom. The molecule has 1 atom stereocenters. The Kier molecular flexibility index (Phi) is 2.37. The Hall–Kier alpha value is -1.17. The van der Waals surface area contributed by atoms with Gasteiger partial charge in [-0.2, -0.15) is 5.10 Å². The first-order chi connectivity index (χ1) is 6.74. The van der Waals surface area contributed by atoms with Crippen LogP contribution in [0.15, 0.2) is 18.3 Å². The van der Waals surface area contributed by atoms with Crippen LogP contribution >= 0.6 is 11.6 Å². The maximum absolute atomic E-state index is 9.50. The van der Waals surface area contributed by atoms with Crippen molar-refractivity contribution in [3.63, 3.8) is 0 Å². The lowest BCUT2D eigenvalue weighted by Crippen LogP contribution is -2.12. The molecule has 14 heavy (non-hydrogen) atoms. The number of halogens is 1. The average Bonchev–Trinajstić information content (AvgIpc) is 2.56. The highest BCUT2D eigenvalue weighted by Gasteiger charge is 2.16. The summed E-state index contributed by atoms with van der Waals surface area (Å²) in [5.74, 6) is 0. The maximum atomic E-state index is 9.50. The topological polar surface area (TPSA) is 76.4 Å². The maximum Gasteiger partial charge on any atom is 0.157 e.